The van der Waals surface area contributed by atoms with Crippen molar-refractivity contribution in [3.63, 3.8) is 0 Å². The zero-order chi connectivity index (χ0) is 12.3. The lowest BCUT2D eigenvalue weighted by atomic mass is 10.2. The number of carbonyl (C=O) groups excluding carboxylic acids is 1. The summed E-state index contributed by atoms with van der Waals surface area (Å²) in [6.07, 6.45) is 3.03. The van der Waals surface area contributed by atoms with E-state index >= 15 is 0 Å². The lowest BCUT2D eigenvalue weighted by Crippen LogP contribution is -2.14. The van der Waals surface area contributed by atoms with Gasteiger partial charge in [0.2, 0.25) is 0 Å². The van der Waals surface area contributed by atoms with Crippen LogP contribution in [0.15, 0.2) is 12.5 Å². The maximum absolute atomic E-state index is 11.7. The quantitative estimate of drug-likeness (QED) is 0.742. The highest BCUT2D eigenvalue weighted by molar-refractivity contribution is 5.90. The molecule has 2 aromatic rings. The highest BCUT2D eigenvalue weighted by Gasteiger charge is 2.17. The summed E-state index contributed by atoms with van der Waals surface area (Å²) in [4.78, 5) is 19.6. The lowest BCUT2D eigenvalue weighted by Gasteiger charge is -2.08. The van der Waals surface area contributed by atoms with Gasteiger partial charge in [0.25, 0.3) is 5.78 Å². The van der Waals surface area contributed by atoms with Crippen molar-refractivity contribution >= 4 is 11.7 Å². The average Bonchev–Trinajstić information content (AvgIpc) is 2.78. The van der Waals surface area contributed by atoms with Gasteiger partial charge in [0.05, 0.1) is 17.9 Å². The fourth-order valence-electron chi connectivity index (χ4n) is 1.55. The summed E-state index contributed by atoms with van der Waals surface area (Å²) >= 11 is 0. The summed E-state index contributed by atoms with van der Waals surface area (Å²) in [6, 6.07) is 0. The Morgan fingerprint density at radius 1 is 1.53 bits per heavy atom. The van der Waals surface area contributed by atoms with E-state index in [0.29, 0.717) is 17.0 Å². The maximum Gasteiger partial charge on any atom is 0.341 e. The van der Waals surface area contributed by atoms with Crippen LogP contribution in [-0.4, -0.2) is 43.9 Å². The number of nitrogens with zero attached hydrogens (tertiary/aromatic N) is 4. The molecular formula is C10H12N4O3. The highest BCUT2D eigenvalue weighted by Crippen LogP contribution is 2.11. The first-order chi connectivity index (χ1) is 8.27. The van der Waals surface area contributed by atoms with Gasteiger partial charge in [0, 0.05) is 19.2 Å². The third kappa shape index (κ3) is 2.09. The van der Waals surface area contributed by atoms with E-state index < -0.39 is 5.97 Å². The molecule has 0 aliphatic heterocycles. The van der Waals surface area contributed by atoms with Crippen molar-refractivity contribution in [2.45, 2.75) is 13.3 Å². The number of esters is 1. The molecule has 0 radical (unpaired) electrons. The molecular weight excluding hydrogens is 224 g/mol. The molecule has 0 fully saturated rings. The van der Waals surface area contributed by atoms with Crippen molar-refractivity contribution < 1.29 is 14.6 Å². The predicted molar refractivity (Wildman–Crippen MR) is 57.5 cm³/mol. The third-order valence-corrected chi connectivity index (χ3v) is 2.25. The molecule has 0 aliphatic rings. The van der Waals surface area contributed by atoms with Crippen LogP contribution in [0.25, 0.3) is 5.78 Å². The van der Waals surface area contributed by atoms with Crippen LogP contribution in [0.3, 0.4) is 0 Å². The number of aliphatic hydroxyl groups is 1. The molecule has 0 aliphatic carbocycles. The molecule has 0 saturated heterocycles. The van der Waals surface area contributed by atoms with Crippen LogP contribution in [0, 0.1) is 0 Å². The normalized spacial score (nSPS) is 10.7. The highest BCUT2D eigenvalue weighted by atomic mass is 16.5. The molecule has 0 atom stereocenters. The first-order valence-corrected chi connectivity index (χ1v) is 5.23. The number of hydrogen-bond donors (Lipinski definition) is 1. The van der Waals surface area contributed by atoms with E-state index in [0.717, 1.165) is 0 Å². The summed E-state index contributed by atoms with van der Waals surface area (Å²) in [5, 5.41) is 13.0. The second-order valence-electron chi connectivity index (χ2n) is 3.28. The molecule has 2 rings (SSSR count). The van der Waals surface area contributed by atoms with E-state index in [9.17, 15) is 4.79 Å². The number of hydrogen-bond acceptors (Lipinski definition) is 6. The minimum atomic E-state index is -0.471. The summed E-state index contributed by atoms with van der Waals surface area (Å²) in [5.41, 5.74) is 0.854. The number of carbonyl (C=O) groups is 1. The van der Waals surface area contributed by atoms with Crippen LogP contribution in [0.2, 0.25) is 0 Å². The molecule has 7 nitrogen and oxygen atoms in total. The Bertz CT molecular complexity index is 537. The van der Waals surface area contributed by atoms with Gasteiger partial charge in [0.15, 0.2) is 0 Å². The van der Waals surface area contributed by atoms with Crippen molar-refractivity contribution in [3.8, 4) is 0 Å². The van der Waals surface area contributed by atoms with Crippen molar-refractivity contribution in [2.75, 3.05) is 13.2 Å². The van der Waals surface area contributed by atoms with E-state index in [1.165, 1.54) is 17.0 Å². The van der Waals surface area contributed by atoms with Crippen LogP contribution in [0.5, 0.6) is 0 Å². The van der Waals surface area contributed by atoms with Gasteiger partial charge in [-0.1, -0.05) is 0 Å². The second-order valence-corrected chi connectivity index (χ2v) is 3.28. The van der Waals surface area contributed by atoms with E-state index in [-0.39, 0.29) is 19.6 Å². The minimum Gasteiger partial charge on any atom is -0.462 e. The summed E-state index contributed by atoms with van der Waals surface area (Å²) in [6.45, 7) is 1.92. The largest absolute Gasteiger partial charge is 0.462 e. The molecule has 0 unspecified atom stereocenters. The number of rotatable bonds is 4. The van der Waals surface area contributed by atoms with Crippen molar-refractivity contribution in [1.29, 1.82) is 0 Å². The van der Waals surface area contributed by atoms with Crippen molar-refractivity contribution in [1.82, 2.24) is 19.6 Å². The van der Waals surface area contributed by atoms with Gasteiger partial charge >= 0.3 is 5.97 Å². The van der Waals surface area contributed by atoms with E-state index in [1.54, 1.807) is 6.92 Å². The number of aromatic nitrogens is 4. The van der Waals surface area contributed by atoms with Gasteiger partial charge in [-0.2, -0.15) is 10.1 Å². The SMILES string of the molecule is CCOC(=O)c1cnc2ncnn2c1CCO. The van der Waals surface area contributed by atoms with E-state index in [1.807, 2.05) is 0 Å². The zero-order valence-electron chi connectivity index (χ0n) is 9.33. The molecule has 0 amide bonds. The smallest absolute Gasteiger partial charge is 0.341 e. The maximum atomic E-state index is 11.7. The van der Waals surface area contributed by atoms with Crippen LogP contribution in [0.4, 0.5) is 0 Å². The number of aliphatic hydroxyl groups excluding tert-OH is 1. The van der Waals surface area contributed by atoms with Crippen LogP contribution in [0.1, 0.15) is 23.0 Å². The van der Waals surface area contributed by atoms with Crippen LogP contribution < -0.4 is 0 Å². The molecule has 1 N–H and O–H groups in total. The predicted octanol–water partition coefficient (Wildman–Crippen LogP) is -0.164. The summed E-state index contributed by atoms with van der Waals surface area (Å²) in [7, 11) is 0. The average molecular weight is 236 g/mol. The Balaban J connectivity index is 2.53. The van der Waals surface area contributed by atoms with Gasteiger partial charge in [0.1, 0.15) is 6.33 Å². The van der Waals surface area contributed by atoms with Gasteiger partial charge in [-0.3, -0.25) is 0 Å². The topological polar surface area (TPSA) is 89.6 Å². The summed E-state index contributed by atoms with van der Waals surface area (Å²) in [5.74, 6) is -0.0812. The van der Waals surface area contributed by atoms with Gasteiger partial charge in [-0.25, -0.2) is 14.3 Å². The standard InChI is InChI=1S/C10H12N4O3/c1-2-17-9(16)7-5-11-10-12-6-13-14(10)8(7)3-4-15/h5-6,15H,2-4H2,1H3. The molecule has 0 aromatic carbocycles. The molecule has 0 bridgehead atoms. The Morgan fingerprint density at radius 2 is 2.35 bits per heavy atom. The van der Waals surface area contributed by atoms with Crippen molar-refractivity contribution in [3.05, 3.63) is 23.8 Å². The minimum absolute atomic E-state index is 0.0919. The second kappa shape index (κ2) is 4.88. The molecule has 0 saturated carbocycles. The molecule has 2 aromatic heterocycles. The van der Waals surface area contributed by atoms with Crippen LogP contribution in [-0.2, 0) is 11.2 Å². The summed E-state index contributed by atoms with van der Waals surface area (Å²) < 4.78 is 6.35. The number of fused-ring (bicyclic) bond motifs is 1. The Hall–Kier alpha value is -2.02. The molecule has 90 valence electrons. The first-order valence-electron chi connectivity index (χ1n) is 5.23. The fraction of sp³-hybridized carbons (Fsp3) is 0.400. The van der Waals surface area contributed by atoms with Crippen LogP contribution >= 0.6 is 0 Å². The number of ether oxygens (including phenoxy) is 1. The Morgan fingerprint density at radius 3 is 3.06 bits per heavy atom. The molecule has 7 heteroatoms. The third-order valence-electron chi connectivity index (χ3n) is 2.25. The van der Waals surface area contributed by atoms with E-state index in [2.05, 4.69) is 15.1 Å². The lowest BCUT2D eigenvalue weighted by molar-refractivity contribution is 0.0523. The monoisotopic (exact) mass is 236 g/mol. The first kappa shape index (κ1) is 11.5. The molecule has 17 heavy (non-hydrogen) atoms. The fourth-order valence-corrected chi connectivity index (χ4v) is 1.55. The van der Waals surface area contributed by atoms with E-state index in [4.69, 9.17) is 9.84 Å². The molecule has 0 spiro atoms. The van der Waals surface area contributed by atoms with Gasteiger partial charge in [-0.15, -0.1) is 0 Å². The Kier molecular flexibility index (Phi) is 3.29. The van der Waals surface area contributed by atoms with Gasteiger partial charge < -0.3 is 9.84 Å². The zero-order valence-corrected chi connectivity index (χ0v) is 9.33. The van der Waals surface area contributed by atoms with Gasteiger partial charge in [-0.05, 0) is 6.92 Å². The molecule has 2 heterocycles. The Labute approximate surface area is 97.1 Å². The van der Waals surface area contributed by atoms with Crippen molar-refractivity contribution in [2.24, 2.45) is 0 Å².